The number of likely N-dealkylation sites (N-methyl/N-ethyl adjacent to an activating group) is 1. The lowest BCUT2D eigenvalue weighted by atomic mass is 9.83. The summed E-state index contributed by atoms with van der Waals surface area (Å²) in [5.74, 6) is 0. The molecule has 3 heteroatoms. The van der Waals surface area contributed by atoms with E-state index in [9.17, 15) is 0 Å². The molecule has 0 amide bonds. The van der Waals surface area contributed by atoms with Crippen molar-refractivity contribution in [2.75, 3.05) is 26.2 Å². The van der Waals surface area contributed by atoms with E-state index in [4.69, 9.17) is 10.5 Å². The molecule has 1 heterocycles. The number of morpholine rings is 1. The Kier molecular flexibility index (Phi) is 3.93. The maximum absolute atomic E-state index is 6.19. The Balaban J connectivity index is 2.51. The van der Waals surface area contributed by atoms with Crippen molar-refractivity contribution in [3.63, 3.8) is 0 Å². The van der Waals surface area contributed by atoms with Crippen LogP contribution in [0.2, 0.25) is 0 Å². The van der Waals surface area contributed by atoms with Crippen LogP contribution in [0.4, 0.5) is 0 Å². The number of hydrogen-bond donors (Lipinski definition) is 1. The molecule has 0 saturated carbocycles. The second kappa shape index (κ2) is 4.60. The Bertz CT molecular complexity index is 177. The smallest absolute Gasteiger partial charge is 0.0858 e. The average molecular weight is 200 g/mol. The van der Waals surface area contributed by atoms with E-state index >= 15 is 0 Å². The summed E-state index contributed by atoms with van der Waals surface area (Å²) in [6, 6.07) is 0.122. The molecule has 0 aromatic carbocycles. The first kappa shape index (κ1) is 12.0. The Morgan fingerprint density at radius 2 is 2.14 bits per heavy atom. The van der Waals surface area contributed by atoms with Crippen LogP contribution in [0.1, 0.15) is 27.7 Å². The highest BCUT2D eigenvalue weighted by Gasteiger charge is 2.32. The van der Waals surface area contributed by atoms with E-state index in [0.29, 0.717) is 0 Å². The summed E-state index contributed by atoms with van der Waals surface area (Å²) in [4.78, 5) is 2.40. The zero-order valence-corrected chi connectivity index (χ0v) is 9.92. The van der Waals surface area contributed by atoms with Crippen molar-refractivity contribution >= 4 is 0 Å². The van der Waals surface area contributed by atoms with Crippen LogP contribution in [0.3, 0.4) is 0 Å². The van der Waals surface area contributed by atoms with E-state index in [1.807, 2.05) is 0 Å². The fraction of sp³-hybridized carbons (Fsp3) is 1.00. The second-order valence-corrected chi connectivity index (χ2v) is 5.19. The number of ether oxygens (including phenoxy) is 1. The van der Waals surface area contributed by atoms with Crippen LogP contribution in [0.5, 0.6) is 0 Å². The van der Waals surface area contributed by atoms with E-state index in [1.54, 1.807) is 0 Å². The van der Waals surface area contributed by atoms with Crippen LogP contribution in [0.25, 0.3) is 0 Å². The van der Waals surface area contributed by atoms with Gasteiger partial charge in [0.2, 0.25) is 0 Å². The van der Waals surface area contributed by atoms with Gasteiger partial charge in [0, 0.05) is 19.1 Å². The zero-order chi connectivity index (χ0) is 10.8. The minimum Gasteiger partial charge on any atom is -0.374 e. The Labute approximate surface area is 87.6 Å². The van der Waals surface area contributed by atoms with Gasteiger partial charge in [-0.2, -0.15) is 0 Å². The number of rotatable bonds is 2. The minimum atomic E-state index is 0.122. The molecular weight excluding hydrogens is 176 g/mol. The molecule has 1 aliphatic heterocycles. The first-order valence-electron chi connectivity index (χ1n) is 5.54. The van der Waals surface area contributed by atoms with Gasteiger partial charge >= 0.3 is 0 Å². The summed E-state index contributed by atoms with van der Waals surface area (Å²) >= 11 is 0. The van der Waals surface area contributed by atoms with Gasteiger partial charge in [-0.1, -0.05) is 27.7 Å². The zero-order valence-electron chi connectivity index (χ0n) is 9.92. The number of nitrogens with two attached hydrogens (primary N) is 1. The van der Waals surface area contributed by atoms with Crippen LogP contribution in [0, 0.1) is 5.41 Å². The molecule has 1 rings (SSSR count). The lowest BCUT2D eigenvalue weighted by molar-refractivity contribution is -0.0556. The van der Waals surface area contributed by atoms with Crippen molar-refractivity contribution in [3.05, 3.63) is 0 Å². The molecule has 0 aliphatic carbocycles. The van der Waals surface area contributed by atoms with E-state index in [2.05, 4.69) is 32.6 Å². The maximum atomic E-state index is 6.19. The summed E-state index contributed by atoms with van der Waals surface area (Å²) in [6.45, 7) is 12.6. The number of nitrogens with zero attached hydrogens (tertiary/aromatic N) is 1. The molecule has 1 saturated heterocycles. The van der Waals surface area contributed by atoms with Crippen LogP contribution in [0.15, 0.2) is 0 Å². The number of hydrogen-bond acceptors (Lipinski definition) is 3. The normalized spacial score (nSPS) is 27.6. The van der Waals surface area contributed by atoms with E-state index in [1.165, 1.54) is 0 Å². The van der Waals surface area contributed by atoms with Gasteiger partial charge in [-0.05, 0) is 12.0 Å². The highest BCUT2D eigenvalue weighted by Crippen LogP contribution is 2.23. The molecule has 3 nitrogen and oxygen atoms in total. The molecule has 2 unspecified atom stereocenters. The molecule has 14 heavy (non-hydrogen) atoms. The topological polar surface area (TPSA) is 38.5 Å². The van der Waals surface area contributed by atoms with Gasteiger partial charge in [0.05, 0.1) is 12.7 Å². The van der Waals surface area contributed by atoms with Crippen LogP contribution < -0.4 is 5.73 Å². The molecule has 0 bridgehead atoms. The predicted molar refractivity (Wildman–Crippen MR) is 59.3 cm³/mol. The van der Waals surface area contributed by atoms with Gasteiger partial charge in [0.1, 0.15) is 0 Å². The lowest BCUT2D eigenvalue weighted by Gasteiger charge is -2.40. The summed E-state index contributed by atoms with van der Waals surface area (Å²) in [5, 5.41) is 0. The van der Waals surface area contributed by atoms with Crippen LogP contribution in [-0.2, 0) is 4.74 Å². The summed E-state index contributed by atoms with van der Waals surface area (Å²) in [5.41, 5.74) is 6.32. The quantitative estimate of drug-likeness (QED) is 0.725. The van der Waals surface area contributed by atoms with E-state index < -0.39 is 0 Å². The lowest BCUT2D eigenvalue weighted by Crippen LogP contribution is -2.55. The Hall–Kier alpha value is -0.120. The third kappa shape index (κ3) is 2.94. The van der Waals surface area contributed by atoms with Crippen molar-refractivity contribution in [1.82, 2.24) is 4.90 Å². The van der Waals surface area contributed by atoms with Gasteiger partial charge in [0.25, 0.3) is 0 Å². The third-order valence-corrected chi connectivity index (χ3v) is 3.03. The van der Waals surface area contributed by atoms with Crippen LogP contribution >= 0.6 is 0 Å². The fourth-order valence-electron chi connectivity index (χ4n) is 1.79. The molecule has 84 valence electrons. The Morgan fingerprint density at radius 1 is 1.50 bits per heavy atom. The van der Waals surface area contributed by atoms with Gasteiger partial charge in [-0.15, -0.1) is 0 Å². The highest BCUT2D eigenvalue weighted by molar-refractivity contribution is 4.88. The maximum Gasteiger partial charge on any atom is 0.0858 e. The van der Waals surface area contributed by atoms with Crippen molar-refractivity contribution < 1.29 is 4.74 Å². The van der Waals surface area contributed by atoms with Gasteiger partial charge in [-0.25, -0.2) is 0 Å². The first-order valence-corrected chi connectivity index (χ1v) is 5.54. The molecule has 1 fully saturated rings. The fourth-order valence-corrected chi connectivity index (χ4v) is 1.79. The van der Waals surface area contributed by atoms with Crippen LogP contribution in [-0.4, -0.2) is 43.3 Å². The van der Waals surface area contributed by atoms with E-state index in [0.717, 1.165) is 26.2 Å². The molecule has 0 spiro atoms. The van der Waals surface area contributed by atoms with Gasteiger partial charge in [0.15, 0.2) is 0 Å². The average Bonchev–Trinajstić information content (AvgIpc) is 2.15. The largest absolute Gasteiger partial charge is 0.374 e. The first-order chi connectivity index (χ1) is 6.45. The predicted octanol–water partition coefficient (Wildman–Crippen LogP) is 1.08. The summed E-state index contributed by atoms with van der Waals surface area (Å²) in [6.07, 6.45) is 0.198. The molecule has 2 N–H and O–H groups in total. The van der Waals surface area contributed by atoms with Crippen molar-refractivity contribution in [2.24, 2.45) is 11.1 Å². The SMILES string of the molecule is CCN1CCOC(C(N)C(C)(C)C)C1. The van der Waals surface area contributed by atoms with Crippen molar-refractivity contribution in [3.8, 4) is 0 Å². The van der Waals surface area contributed by atoms with E-state index in [-0.39, 0.29) is 17.6 Å². The van der Waals surface area contributed by atoms with Crippen molar-refractivity contribution in [2.45, 2.75) is 39.8 Å². The molecular formula is C11H24N2O. The highest BCUT2D eigenvalue weighted by atomic mass is 16.5. The molecule has 2 atom stereocenters. The third-order valence-electron chi connectivity index (χ3n) is 3.03. The molecule has 0 radical (unpaired) electrons. The monoisotopic (exact) mass is 200 g/mol. The molecule has 1 aliphatic rings. The minimum absolute atomic E-state index is 0.122. The van der Waals surface area contributed by atoms with Gasteiger partial charge in [-0.3, -0.25) is 4.90 Å². The summed E-state index contributed by atoms with van der Waals surface area (Å²) < 4.78 is 5.73. The standard InChI is InChI=1S/C11H24N2O/c1-5-13-6-7-14-9(8-13)10(12)11(2,3)4/h9-10H,5-8,12H2,1-4H3. The molecule has 0 aromatic heterocycles. The Morgan fingerprint density at radius 3 is 2.64 bits per heavy atom. The van der Waals surface area contributed by atoms with Gasteiger partial charge < -0.3 is 10.5 Å². The van der Waals surface area contributed by atoms with Crippen molar-refractivity contribution in [1.29, 1.82) is 0 Å². The second-order valence-electron chi connectivity index (χ2n) is 5.19. The molecule has 0 aromatic rings. The summed E-state index contributed by atoms with van der Waals surface area (Å²) in [7, 11) is 0.